The van der Waals surface area contributed by atoms with E-state index in [9.17, 15) is 0 Å². The van der Waals surface area contributed by atoms with E-state index in [4.69, 9.17) is 5.73 Å². The third kappa shape index (κ3) is 2.14. The van der Waals surface area contributed by atoms with Gasteiger partial charge in [0.05, 0.1) is 0 Å². The molecule has 0 aromatic heterocycles. The van der Waals surface area contributed by atoms with Gasteiger partial charge in [0, 0.05) is 6.04 Å². The van der Waals surface area contributed by atoms with E-state index >= 15 is 0 Å². The van der Waals surface area contributed by atoms with Crippen molar-refractivity contribution in [1.82, 2.24) is 0 Å². The fourth-order valence-corrected chi connectivity index (χ4v) is 3.66. The summed E-state index contributed by atoms with van der Waals surface area (Å²) in [6.45, 7) is 0. The summed E-state index contributed by atoms with van der Waals surface area (Å²) >= 11 is 0. The van der Waals surface area contributed by atoms with Crippen LogP contribution in [0.2, 0.25) is 0 Å². The highest BCUT2D eigenvalue weighted by Gasteiger charge is 2.29. The molecule has 0 saturated heterocycles. The van der Waals surface area contributed by atoms with Gasteiger partial charge in [-0.05, 0) is 46.2 Å². The van der Waals surface area contributed by atoms with Gasteiger partial charge in [0.15, 0.2) is 0 Å². The van der Waals surface area contributed by atoms with Gasteiger partial charge in [-0.1, -0.05) is 66.7 Å². The van der Waals surface area contributed by atoms with Crippen LogP contribution in [0, 0.1) is 5.92 Å². The van der Waals surface area contributed by atoms with Crippen LogP contribution in [0.1, 0.15) is 22.7 Å². The minimum absolute atomic E-state index is 0.167. The molecule has 2 N–H and O–H groups in total. The molecule has 1 nitrogen and oxygen atoms in total. The summed E-state index contributed by atoms with van der Waals surface area (Å²) in [6, 6.07) is 24.0. The van der Waals surface area contributed by atoms with Crippen molar-refractivity contribution in [3.63, 3.8) is 0 Å². The molecule has 0 heterocycles. The lowest BCUT2D eigenvalue weighted by Gasteiger charge is -2.17. The minimum Gasteiger partial charge on any atom is -0.324 e. The summed E-state index contributed by atoms with van der Waals surface area (Å²) in [5.41, 5.74) is 10.7. The summed E-state index contributed by atoms with van der Waals surface area (Å²) < 4.78 is 0. The van der Waals surface area contributed by atoms with Gasteiger partial charge >= 0.3 is 0 Å². The largest absolute Gasteiger partial charge is 0.324 e. The summed E-state index contributed by atoms with van der Waals surface area (Å²) in [5.74, 6) is 0.508. The molecule has 0 bridgehead atoms. The topological polar surface area (TPSA) is 26.0 Å². The molecule has 4 rings (SSSR count). The Morgan fingerprint density at radius 2 is 1.62 bits per heavy atom. The first-order valence-electron chi connectivity index (χ1n) is 7.63. The fourth-order valence-electron chi connectivity index (χ4n) is 3.66. The van der Waals surface area contributed by atoms with Crippen molar-refractivity contribution in [1.29, 1.82) is 0 Å². The standard InChI is InChI=1S/C20H19N/c21-20-17(13-16-7-2-4-11-19(16)20)12-15-9-5-8-14-6-1-3-10-18(14)15/h1-11,17,20H,12-13,21H2. The molecule has 0 fully saturated rings. The second-order valence-electron chi connectivity index (χ2n) is 6.03. The zero-order valence-corrected chi connectivity index (χ0v) is 12.0. The lowest BCUT2D eigenvalue weighted by Crippen LogP contribution is -2.19. The number of nitrogens with two attached hydrogens (primary N) is 1. The van der Waals surface area contributed by atoms with Crippen molar-refractivity contribution >= 4 is 10.8 Å². The van der Waals surface area contributed by atoms with Crippen LogP contribution < -0.4 is 5.73 Å². The van der Waals surface area contributed by atoms with Crippen molar-refractivity contribution in [3.05, 3.63) is 83.4 Å². The number of hydrogen-bond acceptors (Lipinski definition) is 1. The lowest BCUT2D eigenvalue weighted by atomic mass is 9.91. The number of hydrogen-bond donors (Lipinski definition) is 1. The first-order valence-corrected chi connectivity index (χ1v) is 7.63. The second kappa shape index (κ2) is 5.01. The zero-order chi connectivity index (χ0) is 14.2. The molecule has 0 saturated carbocycles. The predicted molar refractivity (Wildman–Crippen MR) is 88.2 cm³/mol. The molecule has 104 valence electrons. The summed E-state index contributed by atoms with van der Waals surface area (Å²) in [6.07, 6.45) is 2.15. The van der Waals surface area contributed by atoms with E-state index in [0.717, 1.165) is 12.8 Å². The molecular weight excluding hydrogens is 254 g/mol. The van der Waals surface area contributed by atoms with Crippen molar-refractivity contribution in [2.45, 2.75) is 18.9 Å². The maximum atomic E-state index is 6.48. The van der Waals surface area contributed by atoms with E-state index in [-0.39, 0.29) is 6.04 Å². The van der Waals surface area contributed by atoms with Gasteiger partial charge in [0.1, 0.15) is 0 Å². The Labute approximate surface area is 125 Å². The van der Waals surface area contributed by atoms with E-state index in [1.165, 1.54) is 27.5 Å². The number of rotatable bonds is 2. The van der Waals surface area contributed by atoms with Crippen LogP contribution in [0.15, 0.2) is 66.7 Å². The van der Waals surface area contributed by atoms with Crippen LogP contribution in [0.5, 0.6) is 0 Å². The van der Waals surface area contributed by atoms with Gasteiger partial charge in [0.2, 0.25) is 0 Å². The zero-order valence-electron chi connectivity index (χ0n) is 12.0. The van der Waals surface area contributed by atoms with E-state index < -0.39 is 0 Å². The Bertz CT molecular complexity index is 785. The van der Waals surface area contributed by atoms with Crippen LogP contribution in [0.3, 0.4) is 0 Å². The van der Waals surface area contributed by atoms with E-state index in [1.54, 1.807) is 0 Å². The molecule has 1 aliphatic rings. The monoisotopic (exact) mass is 273 g/mol. The molecule has 0 spiro atoms. The number of fused-ring (bicyclic) bond motifs is 2. The molecule has 0 radical (unpaired) electrons. The molecule has 0 amide bonds. The van der Waals surface area contributed by atoms with E-state index in [1.807, 2.05) is 0 Å². The Hall–Kier alpha value is -2.12. The van der Waals surface area contributed by atoms with Crippen LogP contribution in [0.25, 0.3) is 10.8 Å². The van der Waals surface area contributed by atoms with Crippen molar-refractivity contribution in [3.8, 4) is 0 Å². The van der Waals surface area contributed by atoms with Crippen molar-refractivity contribution in [2.75, 3.05) is 0 Å². The smallest absolute Gasteiger partial charge is 0.0332 e. The third-order valence-electron chi connectivity index (χ3n) is 4.77. The predicted octanol–water partition coefficient (Wildman–Crippen LogP) is 4.25. The number of benzene rings is 3. The Balaban J connectivity index is 1.68. The van der Waals surface area contributed by atoms with Gasteiger partial charge in [-0.25, -0.2) is 0 Å². The van der Waals surface area contributed by atoms with Crippen LogP contribution in [0.4, 0.5) is 0 Å². The highest BCUT2D eigenvalue weighted by atomic mass is 14.7. The third-order valence-corrected chi connectivity index (χ3v) is 4.77. The van der Waals surface area contributed by atoms with Crippen LogP contribution in [-0.4, -0.2) is 0 Å². The fraction of sp³-hybridized carbons (Fsp3) is 0.200. The van der Waals surface area contributed by atoms with Crippen molar-refractivity contribution in [2.24, 2.45) is 11.7 Å². The van der Waals surface area contributed by atoms with E-state index in [0.29, 0.717) is 5.92 Å². The Morgan fingerprint density at radius 3 is 2.52 bits per heavy atom. The molecule has 3 aromatic carbocycles. The lowest BCUT2D eigenvalue weighted by molar-refractivity contribution is 0.466. The second-order valence-corrected chi connectivity index (χ2v) is 6.03. The molecule has 21 heavy (non-hydrogen) atoms. The molecule has 2 atom stereocenters. The van der Waals surface area contributed by atoms with E-state index in [2.05, 4.69) is 66.7 Å². The van der Waals surface area contributed by atoms with Gasteiger partial charge < -0.3 is 5.73 Å². The molecule has 0 aliphatic heterocycles. The van der Waals surface area contributed by atoms with Crippen molar-refractivity contribution < 1.29 is 0 Å². The van der Waals surface area contributed by atoms with Gasteiger partial charge in [0.25, 0.3) is 0 Å². The molecule has 3 aromatic rings. The summed E-state index contributed by atoms with van der Waals surface area (Å²) in [4.78, 5) is 0. The molecule has 2 unspecified atom stereocenters. The molecular formula is C20H19N. The summed E-state index contributed by atoms with van der Waals surface area (Å²) in [5, 5.41) is 2.68. The maximum absolute atomic E-state index is 6.48. The average molecular weight is 273 g/mol. The quantitative estimate of drug-likeness (QED) is 0.742. The van der Waals surface area contributed by atoms with Crippen LogP contribution in [-0.2, 0) is 12.8 Å². The first kappa shape index (κ1) is 12.6. The molecule has 1 heteroatoms. The van der Waals surface area contributed by atoms with Gasteiger partial charge in [-0.3, -0.25) is 0 Å². The normalized spacial score (nSPS) is 20.6. The maximum Gasteiger partial charge on any atom is 0.0332 e. The summed E-state index contributed by atoms with van der Waals surface area (Å²) in [7, 11) is 0. The van der Waals surface area contributed by atoms with Crippen LogP contribution >= 0.6 is 0 Å². The van der Waals surface area contributed by atoms with Gasteiger partial charge in [-0.2, -0.15) is 0 Å². The average Bonchev–Trinajstić information content (AvgIpc) is 2.85. The first-order chi connectivity index (χ1) is 10.3. The SMILES string of the molecule is NC1c2ccccc2CC1Cc1cccc2ccccc12. The highest BCUT2D eigenvalue weighted by Crippen LogP contribution is 2.37. The Kier molecular flexibility index (Phi) is 3.01. The molecule has 1 aliphatic carbocycles. The van der Waals surface area contributed by atoms with Gasteiger partial charge in [-0.15, -0.1) is 0 Å². The highest BCUT2D eigenvalue weighted by molar-refractivity contribution is 5.85. The minimum atomic E-state index is 0.167. The Morgan fingerprint density at radius 1 is 0.857 bits per heavy atom.